The van der Waals surface area contributed by atoms with Gasteiger partial charge in [0.2, 0.25) is 5.91 Å². The van der Waals surface area contributed by atoms with Crippen LogP contribution in [0, 0.1) is 6.92 Å². The largest absolute Gasteiger partial charge is 0.457 e. The van der Waals surface area contributed by atoms with Crippen LogP contribution >= 0.6 is 0 Å². The predicted octanol–water partition coefficient (Wildman–Crippen LogP) is 3.72. The van der Waals surface area contributed by atoms with Crippen LogP contribution in [-0.4, -0.2) is 47.9 Å². The van der Waals surface area contributed by atoms with Crippen molar-refractivity contribution in [2.75, 3.05) is 25.0 Å². The fraction of sp³-hybridized carbons (Fsp3) is 0.200. The highest BCUT2D eigenvalue weighted by atomic mass is 16.5. The van der Waals surface area contributed by atoms with Crippen LogP contribution in [0.3, 0.4) is 0 Å². The van der Waals surface area contributed by atoms with Crippen LogP contribution in [0.15, 0.2) is 78.3 Å². The Labute approximate surface area is 231 Å². The summed E-state index contributed by atoms with van der Waals surface area (Å²) in [4.78, 5) is 46.7. The quantitative estimate of drug-likeness (QED) is 0.424. The highest BCUT2D eigenvalue weighted by Crippen LogP contribution is 2.44. The summed E-state index contributed by atoms with van der Waals surface area (Å²) in [5.74, 6) is 1.01. The van der Waals surface area contributed by atoms with Crippen LogP contribution < -0.4 is 25.6 Å². The van der Waals surface area contributed by atoms with Crippen molar-refractivity contribution in [3.63, 3.8) is 0 Å². The minimum Gasteiger partial charge on any atom is -0.457 e. The molecule has 6 rings (SSSR count). The van der Waals surface area contributed by atoms with Gasteiger partial charge in [-0.25, -0.2) is 4.79 Å². The lowest BCUT2D eigenvalue weighted by atomic mass is 10.1. The lowest BCUT2D eigenvalue weighted by molar-refractivity contribution is -0.127. The van der Waals surface area contributed by atoms with E-state index >= 15 is 0 Å². The molecule has 202 valence electrons. The molecule has 0 fully saturated rings. The second kappa shape index (κ2) is 10.3. The molecule has 0 saturated heterocycles. The normalized spacial score (nSPS) is 15.6. The average Bonchev–Trinajstić information content (AvgIpc) is 3.56. The number of rotatable bonds is 7. The molecule has 1 aliphatic carbocycles. The van der Waals surface area contributed by atoms with E-state index in [1.54, 1.807) is 35.3 Å². The number of carbonyl (C=O) groups excluding carboxylic acids is 3. The van der Waals surface area contributed by atoms with Gasteiger partial charge in [-0.2, -0.15) is 0 Å². The van der Waals surface area contributed by atoms with Crippen LogP contribution in [-0.2, 0) is 16.0 Å². The summed E-state index contributed by atoms with van der Waals surface area (Å²) in [5, 5.41) is 8.72. The summed E-state index contributed by atoms with van der Waals surface area (Å²) in [6.45, 7) is 2.65. The number of urea groups is 1. The number of pyridine rings is 1. The maximum atomic E-state index is 13.5. The Bertz CT molecular complexity index is 1600. The second-order valence-electron chi connectivity index (χ2n) is 9.79. The molecule has 4 amide bonds. The van der Waals surface area contributed by atoms with Crippen molar-refractivity contribution in [3.05, 3.63) is 95.1 Å². The summed E-state index contributed by atoms with van der Waals surface area (Å²) < 4.78 is 5.96. The first-order chi connectivity index (χ1) is 19.4. The van der Waals surface area contributed by atoms with Crippen molar-refractivity contribution in [1.82, 2.24) is 25.8 Å². The number of ether oxygens (including phenoxy) is 1. The number of amides is 4. The number of aryl methyl sites for hydroxylation is 1. The zero-order valence-electron chi connectivity index (χ0n) is 22.2. The summed E-state index contributed by atoms with van der Waals surface area (Å²) in [6.07, 6.45) is 4.16. The molecule has 3 aliphatic rings. The molecule has 0 saturated carbocycles. The Morgan fingerprint density at radius 3 is 2.67 bits per heavy atom. The van der Waals surface area contributed by atoms with Crippen molar-refractivity contribution in [1.29, 1.82) is 0 Å². The van der Waals surface area contributed by atoms with Gasteiger partial charge < -0.3 is 25.6 Å². The zero-order chi connectivity index (χ0) is 27.8. The maximum absolute atomic E-state index is 13.5. The summed E-state index contributed by atoms with van der Waals surface area (Å²) >= 11 is 0. The number of para-hydroxylation sites is 1. The molecule has 0 spiro atoms. The average molecular weight is 537 g/mol. The van der Waals surface area contributed by atoms with Crippen molar-refractivity contribution in [3.8, 4) is 11.5 Å². The number of hydrogen-bond donors (Lipinski definition) is 3. The van der Waals surface area contributed by atoms with E-state index in [0.29, 0.717) is 47.1 Å². The monoisotopic (exact) mass is 536 g/mol. The SMILES string of the molecule is CNCC(=O)N1C=C(NC(=O)C2=C3NC(=O)N(c4ccc(Oc5ccccc5)cc4C)c4ccnc(c43)C2)CC1. The fourth-order valence-electron chi connectivity index (χ4n) is 5.23. The minimum atomic E-state index is -0.365. The topological polar surface area (TPSA) is 116 Å². The summed E-state index contributed by atoms with van der Waals surface area (Å²) in [7, 11) is 1.71. The minimum absolute atomic E-state index is 0.0644. The molecular weight excluding hydrogens is 508 g/mol. The number of aromatic nitrogens is 1. The standard InChI is InChI=1S/C30H28N6O4/c1-18-14-21(40-20-6-4-3-5-7-20)8-9-24(18)36-25-10-12-32-23-15-22(28(27(23)25)34-30(36)39)29(38)33-19-11-13-35(17-19)26(37)16-31-2/h3-10,12,14,17,31H,11,13,15-16H2,1-2H3,(H,33,38)(H,34,39). The third-order valence-electron chi connectivity index (χ3n) is 7.10. The van der Waals surface area contributed by atoms with Gasteiger partial charge in [-0.3, -0.25) is 19.5 Å². The molecule has 0 radical (unpaired) electrons. The van der Waals surface area contributed by atoms with Crippen molar-refractivity contribution >= 4 is 34.9 Å². The molecule has 3 N–H and O–H groups in total. The van der Waals surface area contributed by atoms with Crippen LogP contribution in [0.25, 0.3) is 5.70 Å². The third kappa shape index (κ3) is 4.58. The van der Waals surface area contributed by atoms with Crippen LogP contribution in [0.1, 0.15) is 23.2 Å². The van der Waals surface area contributed by atoms with E-state index in [9.17, 15) is 14.4 Å². The molecule has 1 aromatic heterocycles. The predicted molar refractivity (Wildman–Crippen MR) is 150 cm³/mol. The summed E-state index contributed by atoms with van der Waals surface area (Å²) in [6, 6.07) is 16.5. The van der Waals surface area contributed by atoms with Gasteiger partial charge in [0, 0.05) is 48.6 Å². The molecule has 10 heteroatoms. The van der Waals surface area contributed by atoms with Gasteiger partial charge >= 0.3 is 6.03 Å². The number of anilines is 2. The van der Waals surface area contributed by atoms with Gasteiger partial charge in [0.15, 0.2) is 0 Å². The van der Waals surface area contributed by atoms with Crippen LogP contribution in [0.5, 0.6) is 11.5 Å². The van der Waals surface area contributed by atoms with Crippen molar-refractivity contribution < 1.29 is 19.1 Å². The number of benzene rings is 2. The molecule has 2 aromatic carbocycles. The number of likely N-dealkylation sites (N-methyl/N-ethyl adjacent to an activating group) is 1. The highest BCUT2D eigenvalue weighted by molar-refractivity contribution is 6.16. The van der Waals surface area contributed by atoms with E-state index in [4.69, 9.17) is 4.74 Å². The van der Waals surface area contributed by atoms with Gasteiger partial charge in [0.1, 0.15) is 11.5 Å². The Hall–Kier alpha value is -4.96. The number of nitrogens with one attached hydrogen (secondary N) is 3. The van der Waals surface area contributed by atoms with Crippen molar-refractivity contribution in [2.45, 2.75) is 19.8 Å². The number of hydrogen-bond acceptors (Lipinski definition) is 6. The maximum Gasteiger partial charge on any atom is 0.331 e. The summed E-state index contributed by atoms with van der Waals surface area (Å²) in [5.41, 5.74) is 5.23. The van der Waals surface area contributed by atoms with Gasteiger partial charge in [0.25, 0.3) is 5.91 Å². The van der Waals surface area contributed by atoms with Gasteiger partial charge in [-0.15, -0.1) is 0 Å². The Balaban J connectivity index is 1.27. The third-order valence-corrected chi connectivity index (χ3v) is 7.10. The van der Waals surface area contributed by atoms with E-state index in [1.807, 2.05) is 55.5 Å². The molecule has 2 aliphatic heterocycles. The zero-order valence-corrected chi connectivity index (χ0v) is 22.2. The van der Waals surface area contributed by atoms with Gasteiger partial charge in [0.05, 0.1) is 29.3 Å². The van der Waals surface area contributed by atoms with Crippen LogP contribution in [0.4, 0.5) is 16.2 Å². The number of carbonyl (C=O) groups is 3. The Kier molecular flexibility index (Phi) is 6.53. The van der Waals surface area contributed by atoms with E-state index in [2.05, 4.69) is 20.9 Å². The fourth-order valence-corrected chi connectivity index (χ4v) is 5.23. The lowest BCUT2D eigenvalue weighted by Gasteiger charge is -2.32. The van der Waals surface area contributed by atoms with Crippen molar-refractivity contribution in [2.24, 2.45) is 0 Å². The Morgan fingerprint density at radius 2 is 1.90 bits per heavy atom. The molecule has 10 nitrogen and oxygen atoms in total. The first-order valence-corrected chi connectivity index (χ1v) is 13.0. The molecule has 0 bridgehead atoms. The molecule has 0 atom stereocenters. The molecule has 3 heterocycles. The van der Waals surface area contributed by atoms with Gasteiger partial charge in [-0.05, 0) is 55.9 Å². The smallest absolute Gasteiger partial charge is 0.331 e. The first kappa shape index (κ1) is 25.3. The molecule has 0 unspecified atom stereocenters. The van der Waals surface area contributed by atoms with E-state index < -0.39 is 0 Å². The lowest BCUT2D eigenvalue weighted by Crippen LogP contribution is -2.41. The second-order valence-corrected chi connectivity index (χ2v) is 9.79. The molecule has 40 heavy (non-hydrogen) atoms. The number of nitrogens with zero attached hydrogens (tertiary/aromatic N) is 3. The van der Waals surface area contributed by atoms with Gasteiger partial charge in [-0.1, -0.05) is 18.2 Å². The van der Waals surface area contributed by atoms with Crippen LogP contribution in [0.2, 0.25) is 0 Å². The van der Waals surface area contributed by atoms with E-state index in [1.165, 1.54) is 0 Å². The van der Waals surface area contributed by atoms with E-state index in [0.717, 1.165) is 22.6 Å². The Morgan fingerprint density at radius 1 is 1.07 bits per heavy atom. The van der Waals surface area contributed by atoms with E-state index in [-0.39, 0.29) is 30.8 Å². The molecule has 3 aromatic rings. The highest BCUT2D eigenvalue weighted by Gasteiger charge is 2.38. The molecular formula is C30H28N6O4. The first-order valence-electron chi connectivity index (χ1n) is 13.0.